The van der Waals surface area contributed by atoms with E-state index in [4.69, 9.17) is 14.2 Å². The first kappa shape index (κ1) is 12.2. The van der Waals surface area contributed by atoms with Crippen LogP contribution in [0.4, 0.5) is 0 Å². The number of fused-ring (bicyclic) bond motifs is 1. The van der Waals surface area contributed by atoms with Gasteiger partial charge in [0.1, 0.15) is 0 Å². The number of hydrogen-bond acceptors (Lipinski definition) is 4. The second kappa shape index (κ2) is 4.95. The number of benzene rings is 1. The van der Waals surface area contributed by atoms with Crippen LogP contribution in [0, 0.1) is 3.57 Å². The fourth-order valence-electron chi connectivity index (χ4n) is 1.79. The number of hydrogen-bond donors (Lipinski definition) is 0. The molecule has 0 saturated heterocycles. The zero-order valence-electron chi connectivity index (χ0n) is 9.78. The lowest BCUT2D eigenvalue weighted by Gasteiger charge is -2.16. The largest absolute Gasteiger partial charge is 0.492 e. The molecule has 17 heavy (non-hydrogen) atoms. The molecule has 0 aliphatic carbocycles. The Hall–Kier alpha value is -1.24. The second-order valence-corrected chi connectivity index (χ2v) is 4.41. The number of methoxy groups -OCH3 is 3. The van der Waals surface area contributed by atoms with Gasteiger partial charge in [0, 0.05) is 23.2 Å². The molecule has 0 spiro atoms. The third kappa shape index (κ3) is 1.88. The second-order valence-electron chi connectivity index (χ2n) is 3.33. The summed E-state index contributed by atoms with van der Waals surface area (Å²) in [6.07, 6.45) is 3.52. The molecule has 0 atom stereocenters. The van der Waals surface area contributed by atoms with Gasteiger partial charge >= 0.3 is 0 Å². The average Bonchev–Trinajstić information content (AvgIpc) is 2.38. The molecular formula is C12H12INO3. The minimum atomic E-state index is 0.609. The van der Waals surface area contributed by atoms with Gasteiger partial charge in [0.15, 0.2) is 11.5 Å². The molecular weight excluding hydrogens is 333 g/mol. The van der Waals surface area contributed by atoms with E-state index in [1.165, 1.54) is 0 Å². The van der Waals surface area contributed by atoms with Crippen LogP contribution < -0.4 is 14.2 Å². The maximum Gasteiger partial charge on any atom is 0.205 e. The van der Waals surface area contributed by atoms with Crippen molar-refractivity contribution in [2.45, 2.75) is 0 Å². The molecule has 0 amide bonds. The molecule has 0 aliphatic rings. The molecule has 0 bridgehead atoms. The smallest absolute Gasteiger partial charge is 0.205 e. The van der Waals surface area contributed by atoms with Crippen molar-refractivity contribution in [2.24, 2.45) is 0 Å². The van der Waals surface area contributed by atoms with Crippen molar-refractivity contribution in [1.82, 2.24) is 4.98 Å². The van der Waals surface area contributed by atoms with Crippen molar-refractivity contribution in [1.29, 1.82) is 0 Å². The van der Waals surface area contributed by atoms with E-state index in [1.54, 1.807) is 33.7 Å². The van der Waals surface area contributed by atoms with Crippen LogP contribution in [0.2, 0.25) is 0 Å². The van der Waals surface area contributed by atoms with Crippen LogP contribution in [0.25, 0.3) is 10.8 Å². The lowest BCUT2D eigenvalue weighted by atomic mass is 10.1. The number of halogens is 1. The van der Waals surface area contributed by atoms with Crippen LogP contribution in [0.5, 0.6) is 17.2 Å². The van der Waals surface area contributed by atoms with Crippen LogP contribution in [-0.4, -0.2) is 26.3 Å². The number of pyridine rings is 1. The Labute approximate surface area is 113 Å². The predicted molar refractivity (Wildman–Crippen MR) is 74.1 cm³/mol. The molecule has 0 saturated carbocycles. The first-order valence-corrected chi connectivity index (χ1v) is 6.03. The summed E-state index contributed by atoms with van der Waals surface area (Å²) in [7, 11) is 4.83. The van der Waals surface area contributed by atoms with E-state index >= 15 is 0 Å². The summed E-state index contributed by atoms with van der Waals surface area (Å²) in [5, 5.41) is 1.95. The van der Waals surface area contributed by atoms with Crippen molar-refractivity contribution in [3.05, 3.63) is 22.0 Å². The molecule has 0 unspecified atom stereocenters. The Kier molecular flexibility index (Phi) is 3.56. The number of rotatable bonds is 3. The number of nitrogens with zero attached hydrogens (tertiary/aromatic N) is 1. The van der Waals surface area contributed by atoms with Crippen LogP contribution in [0.3, 0.4) is 0 Å². The fourth-order valence-corrected chi connectivity index (χ4v) is 2.68. The molecule has 0 N–H and O–H groups in total. The summed E-state index contributed by atoms with van der Waals surface area (Å²) in [5.74, 6) is 1.95. The van der Waals surface area contributed by atoms with Crippen LogP contribution in [-0.2, 0) is 0 Å². The van der Waals surface area contributed by atoms with Crippen molar-refractivity contribution < 1.29 is 14.2 Å². The van der Waals surface area contributed by atoms with E-state index in [0.717, 1.165) is 14.3 Å². The van der Waals surface area contributed by atoms with Crippen LogP contribution in [0.15, 0.2) is 18.5 Å². The zero-order valence-corrected chi connectivity index (χ0v) is 11.9. The highest BCUT2D eigenvalue weighted by Crippen LogP contribution is 2.46. The minimum Gasteiger partial charge on any atom is -0.492 e. The molecule has 0 fully saturated rings. The summed E-state index contributed by atoms with van der Waals surface area (Å²) < 4.78 is 17.1. The Morgan fingerprint density at radius 1 is 0.941 bits per heavy atom. The van der Waals surface area contributed by atoms with E-state index < -0.39 is 0 Å². The molecule has 90 valence electrons. The molecule has 2 rings (SSSR count). The maximum absolute atomic E-state index is 5.41. The van der Waals surface area contributed by atoms with E-state index in [1.807, 2.05) is 6.07 Å². The summed E-state index contributed by atoms with van der Waals surface area (Å²) in [6, 6.07) is 1.90. The Morgan fingerprint density at radius 2 is 1.59 bits per heavy atom. The number of aromatic nitrogens is 1. The lowest BCUT2D eigenvalue weighted by molar-refractivity contribution is 0.326. The minimum absolute atomic E-state index is 0.609. The van der Waals surface area contributed by atoms with Crippen molar-refractivity contribution >= 4 is 33.4 Å². The van der Waals surface area contributed by atoms with Gasteiger partial charge in [-0.1, -0.05) is 0 Å². The van der Waals surface area contributed by atoms with Crippen LogP contribution in [0.1, 0.15) is 0 Å². The topological polar surface area (TPSA) is 40.6 Å². The van der Waals surface area contributed by atoms with Crippen molar-refractivity contribution in [2.75, 3.05) is 21.3 Å². The molecule has 5 heteroatoms. The van der Waals surface area contributed by atoms with Gasteiger partial charge < -0.3 is 14.2 Å². The number of ether oxygens (including phenoxy) is 3. The molecule has 4 nitrogen and oxygen atoms in total. The fraction of sp³-hybridized carbons (Fsp3) is 0.250. The quantitative estimate of drug-likeness (QED) is 0.803. The standard InChI is InChI=1S/C12H12INO3/c1-15-10-7-4-5-14-6-8(7)9(13)11(16-2)12(10)17-3/h4-6H,1-3H3. The molecule has 2 aromatic rings. The van der Waals surface area contributed by atoms with Crippen LogP contribution >= 0.6 is 22.6 Å². The molecule has 1 aromatic carbocycles. The Balaban J connectivity index is 2.93. The normalized spacial score (nSPS) is 10.4. The van der Waals surface area contributed by atoms with Crippen molar-refractivity contribution in [3.63, 3.8) is 0 Å². The van der Waals surface area contributed by atoms with E-state index in [-0.39, 0.29) is 0 Å². The highest BCUT2D eigenvalue weighted by Gasteiger charge is 2.20. The van der Waals surface area contributed by atoms with Gasteiger partial charge in [0.05, 0.1) is 24.9 Å². The SMILES string of the molecule is COc1c(OC)c(OC)c2ccncc2c1I. The van der Waals surface area contributed by atoms with Gasteiger partial charge in [-0.05, 0) is 28.7 Å². The summed E-state index contributed by atoms with van der Waals surface area (Å²) in [5.41, 5.74) is 0. The highest BCUT2D eigenvalue weighted by atomic mass is 127. The van der Waals surface area contributed by atoms with Crippen molar-refractivity contribution in [3.8, 4) is 17.2 Å². The Morgan fingerprint density at radius 3 is 2.18 bits per heavy atom. The van der Waals surface area contributed by atoms with Gasteiger partial charge in [-0.2, -0.15) is 0 Å². The summed E-state index contributed by atoms with van der Waals surface area (Å²) >= 11 is 2.22. The van der Waals surface area contributed by atoms with Gasteiger partial charge in [0.25, 0.3) is 0 Å². The third-order valence-corrected chi connectivity index (χ3v) is 3.60. The first-order chi connectivity index (χ1) is 8.24. The zero-order chi connectivity index (χ0) is 12.4. The first-order valence-electron chi connectivity index (χ1n) is 4.95. The maximum atomic E-state index is 5.41. The van der Waals surface area contributed by atoms with Gasteiger partial charge in [-0.3, -0.25) is 4.98 Å². The summed E-state index contributed by atoms with van der Waals surface area (Å²) in [4.78, 5) is 4.12. The average molecular weight is 345 g/mol. The predicted octanol–water partition coefficient (Wildman–Crippen LogP) is 2.87. The third-order valence-electron chi connectivity index (χ3n) is 2.53. The summed E-state index contributed by atoms with van der Waals surface area (Å²) in [6.45, 7) is 0. The molecule has 0 aliphatic heterocycles. The van der Waals surface area contributed by atoms with Gasteiger partial charge in [-0.15, -0.1) is 0 Å². The van der Waals surface area contributed by atoms with Gasteiger partial charge in [0.2, 0.25) is 5.75 Å². The molecule has 0 radical (unpaired) electrons. The van der Waals surface area contributed by atoms with Gasteiger partial charge in [-0.25, -0.2) is 0 Å². The van der Waals surface area contributed by atoms with E-state index in [2.05, 4.69) is 27.6 Å². The molecule has 1 aromatic heterocycles. The monoisotopic (exact) mass is 345 g/mol. The highest BCUT2D eigenvalue weighted by molar-refractivity contribution is 14.1. The lowest BCUT2D eigenvalue weighted by Crippen LogP contribution is -1.98. The van der Waals surface area contributed by atoms with E-state index in [9.17, 15) is 0 Å². The van der Waals surface area contributed by atoms with E-state index in [0.29, 0.717) is 17.2 Å². The Bertz CT molecular complexity index is 557. The molecule has 1 heterocycles.